The summed E-state index contributed by atoms with van der Waals surface area (Å²) in [6.07, 6.45) is 0. The van der Waals surface area contributed by atoms with Crippen molar-refractivity contribution in [3.8, 4) is 5.75 Å². The zero-order chi connectivity index (χ0) is 16.9. The fourth-order valence-corrected chi connectivity index (χ4v) is 3.36. The minimum Gasteiger partial charge on any atom is -0.497 e. The molecule has 1 heterocycles. The number of piperazine rings is 1. The highest BCUT2D eigenvalue weighted by atomic mass is 16.5. The highest BCUT2D eigenvalue weighted by Gasteiger charge is 2.17. The van der Waals surface area contributed by atoms with Crippen molar-refractivity contribution in [3.05, 3.63) is 64.7 Å². The second kappa shape index (κ2) is 7.82. The van der Waals surface area contributed by atoms with Crippen LogP contribution in [-0.4, -0.2) is 43.1 Å². The SMILES string of the molecule is COc1ccc(CN2CCN(Cc3ccc(C)cc3C)CC2)cc1. The second-order valence-electron chi connectivity index (χ2n) is 6.83. The average molecular weight is 324 g/mol. The molecule has 0 spiro atoms. The molecule has 0 bridgehead atoms. The molecule has 3 rings (SSSR count). The Bertz CT molecular complexity index is 658. The number of methoxy groups -OCH3 is 1. The van der Waals surface area contributed by atoms with Crippen molar-refractivity contribution in [3.63, 3.8) is 0 Å². The van der Waals surface area contributed by atoms with E-state index in [9.17, 15) is 0 Å². The molecular weight excluding hydrogens is 296 g/mol. The number of benzene rings is 2. The van der Waals surface area contributed by atoms with E-state index in [0.717, 1.165) is 45.0 Å². The van der Waals surface area contributed by atoms with Crippen LogP contribution in [0.4, 0.5) is 0 Å². The number of nitrogens with zero attached hydrogens (tertiary/aromatic N) is 2. The van der Waals surface area contributed by atoms with E-state index in [4.69, 9.17) is 4.74 Å². The number of rotatable bonds is 5. The zero-order valence-electron chi connectivity index (χ0n) is 15.1. The molecular formula is C21H28N2O. The fraction of sp³-hybridized carbons (Fsp3) is 0.429. The summed E-state index contributed by atoms with van der Waals surface area (Å²) < 4.78 is 5.23. The van der Waals surface area contributed by atoms with Crippen LogP contribution in [0.2, 0.25) is 0 Å². The molecule has 0 saturated carbocycles. The third-order valence-electron chi connectivity index (χ3n) is 4.92. The highest BCUT2D eigenvalue weighted by Crippen LogP contribution is 2.17. The summed E-state index contributed by atoms with van der Waals surface area (Å²) in [7, 11) is 1.71. The van der Waals surface area contributed by atoms with Crippen LogP contribution in [0, 0.1) is 13.8 Å². The van der Waals surface area contributed by atoms with Gasteiger partial charge >= 0.3 is 0 Å². The highest BCUT2D eigenvalue weighted by molar-refractivity contribution is 5.30. The lowest BCUT2D eigenvalue weighted by atomic mass is 10.0. The molecule has 0 aromatic heterocycles. The zero-order valence-corrected chi connectivity index (χ0v) is 15.1. The molecule has 1 aliphatic heterocycles. The summed E-state index contributed by atoms with van der Waals surface area (Å²) in [6, 6.07) is 15.2. The van der Waals surface area contributed by atoms with Crippen LogP contribution in [0.3, 0.4) is 0 Å². The maximum absolute atomic E-state index is 5.23. The van der Waals surface area contributed by atoms with E-state index in [-0.39, 0.29) is 0 Å². The molecule has 0 unspecified atom stereocenters. The fourth-order valence-electron chi connectivity index (χ4n) is 3.36. The molecule has 2 aromatic carbocycles. The first-order valence-electron chi connectivity index (χ1n) is 8.78. The van der Waals surface area contributed by atoms with Crippen LogP contribution in [-0.2, 0) is 13.1 Å². The Labute approximate surface area is 145 Å². The van der Waals surface area contributed by atoms with Crippen molar-refractivity contribution >= 4 is 0 Å². The van der Waals surface area contributed by atoms with Gasteiger partial charge in [-0.25, -0.2) is 0 Å². The molecule has 128 valence electrons. The van der Waals surface area contributed by atoms with Crippen LogP contribution in [0.15, 0.2) is 42.5 Å². The van der Waals surface area contributed by atoms with E-state index in [1.165, 1.54) is 22.3 Å². The first kappa shape index (κ1) is 17.0. The van der Waals surface area contributed by atoms with Crippen molar-refractivity contribution in [1.82, 2.24) is 9.80 Å². The van der Waals surface area contributed by atoms with Gasteiger partial charge in [-0.1, -0.05) is 35.9 Å². The van der Waals surface area contributed by atoms with Gasteiger partial charge in [0.15, 0.2) is 0 Å². The smallest absolute Gasteiger partial charge is 0.118 e. The minimum atomic E-state index is 0.928. The molecule has 0 atom stereocenters. The molecule has 1 saturated heterocycles. The molecule has 0 aliphatic carbocycles. The Morgan fingerprint density at radius 1 is 0.833 bits per heavy atom. The number of hydrogen-bond donors (Lipinski definition) is 0. The summed E-state index contributed by atoms with van der Waals surface area (Å²) in [5.41, 5.74) is 5.58. The predicted molar refractivity (Wildman–Crippen MR) is 99.5 cm³/mol. The van der Waals surface area contributed by atoms with Gasteiger partial charge in [0.2, 0.25) is 0 Å². The van der Waals surface area contributed by atoms with Gasteiger partial charge in [-0.3, -0.25) is 9.80 Å². The third-order valence-corrected chi connectivity index (χ3v) is 4.92. The van der Waals surface area contributed by atoms with Crippen LogP contribution in [0.25, 0.3) is 0 Å². The average Bonchev–Trinajstić information content (AvgIpc) is 2.60. The standard InChI is InChI=1S/C21H28N2O/c1-17-4-7-20(18(2)14-17)16-23-12-10-22(11-13-23)15-19-5-8-21(24-3)9-6-19/h4-9,14H,10-13,15-16H2,1-3H3. The Morgan fingerprint density at radius 2 is 1.46 bits per heavy atom. The molecule has 24 heavy (non-hydrogen) atoms. The van der Waals surface area contributed by atoms with Crippen molar-refractivity contribution in [2.24, 2.45) is 0 Å². The Kier molecular flexibility index (Phi) is 5.54. The molecule has 3 heteroatoms. The monoisotopic (exact) mass is 324 g/mol. The van der Waals surface area contributed by atoms with Gasteiger partial charge in [0.1, 0.15) is 5.75 Å². The summed E-state index contributed by atoms with van der Waals surface area (Å²) in [6.45, 7) is 11.0. The maximum Gasteiger partial charge on any atom is 0.118 e. The van der Waals surface area contributed by atoms with Crippen molar-refractivity contribution in [1.29, 1.82) is 0 Å². The van der Waals surface area contributed by atoms with Crippen molar-refractivity contribution in [2.45, 2.75) is 26.9 Å². The van der Waals surface area contributed by atoms with Gasteiger partial charge in [-0.2, -0.15) is 0 Å². The predicted octanol–water partition coefficient (Wildman–Crippen LogP) is 3.63. The van der Waals surface area contributed by atoms with Gasteiger partial charge in [-0.05, 0) is 42.7 Å². The number of ether oxygens (including phenoxy) is 1. The maximum atomic E-state index is 5.23. The number of hydrogen-bond acceptors (Lipinski definition) is 3. The molecule has 0 radical (unpaired) electrons. The van der Waals surface area contributed by atoms with Gasteiger partial charge in [-0.15, -0.1) is 0 Å². The largest absolute Gasteiger partial charge is 0.497 e. The van der Waals surface area contributed by atoms with E-state index < -0.39 is 0 Å². The van der Waals surface area contributed by atoms with Crippen LogP contribution in [0.5, 0.6) is 5.75 Å². The van der Waals surface area contributed by atoms with Gasteiger partial charge in [0.25, 0.3) is 0 Å². The van der Waals surface area contributed by atoms with E-state index in [0.29, 0.717) is 0 Å². The number of aryl methyl sites for hydroxylation is 2. The summed E-state index contributed by atoms with van der Waals surface area (Å²) >= 11 is 0. The lowest BCUT2D eigenvalue weighted by Gasteiger charge is -2.35. The lowest BCUT2D eigenvalue weighted by Crippen LogP contribution is -2.45. The van der Waals surface area contributed by atoms with E-state index in [2.05, 4.69) is 54.0 Å². The molecule has 0 amide bonds. The van der Waals surface area contributed by atoms with Crippen molar-refractivity contribution in [2.75, 3.05) is 33.3 Å². The molecule has 1 aliphatic rings. The van der Waals surface area contributed by atoms with Gasteiger partial charge < -0.3 is 4.74 Å². The molecule has 1 fully saturated rings. The first-order chi connectivity index (χ1) is 11.6. The lowest BCUT2D eigenvalue weighted by molar-refractivity contribution is 0.122. The van der Waals surface area contributed by atoms with E-state index in [1.807, 2.05) is 12.1 Å². The Hall–Kier alpha value is -1.84. The van der Waals surface area contributed by atoms with Crippen LogP contribution in [0.1, 0.15) is 22.3 Å². The third kappa shape index (κ3) is 4.37. The van der Waals surface area contributed by atoms with Crippen molar-refractivity contribution < 1.29 is 4.74 Å². The first-order valence-corrected chi connectivity index (χ1v) is 8.78. The van der Waals surface area contributed by atoms with E-state index >= 15 is 0 Å². The second-order valence-corrected chi connectivity index (χ2v) is 6.83. The van der Waals surface area contributed by atoms with Crippen LogP contribution < -0.4 is 4.74 Å². The minimum absolute atomic E-state index is 0.928. The summed E-state index contributed by atoms with van der Waals surface area (Å²) in [5, 5.41) is 0. The molecule has 2 aromatic rings. The normalized spacial score (nSPS) is 16.3. The topological polar surface area (TPSA) is 15.7 Å². The summed E-state index contributed by atoms with van der Waals surface area (Å²) in [5.74, 6) is 0.928. The van der Waals surface area contributed by atoms with Gasteiger partial charge in [0.05, 0.1) is 7.11 Å². The van der Waals surface area contributed by atoms with Gasteiger partial charge in [0, 0.05) is 39.3 Å². The quantitative estimate of drug-likeness (QED) is 0.835. The Morgan fingerprint density at radius 3 is 2.04 bits per heavy atom. The Balaban J connectivity index is 1.50. The molecule has 0 N–H and O–H groups in total. The van der Waals surface area contributed by atoms with Crippen LogP contribution >= 0.6 is 0 Å². The van der Waals surface area contributed by atoms with E-state index in [1.54, 1.807) is 7.11 Å². The molecule has 3 nitrogen and oxygen atoms in total. The summed E-state index contributed by atoms with van der Waals surface area (Å²) in [4.78, 5) is 5.11.